The normalized spacial score (nSPS) is 9.81. The van der Waals surface area contributed by atoms with Crippen LogP contribution < -0.4 is 4.74 Å². The summed E-state index contributed by atoms with van der Waals surface area (Å²) in [4.78, 5) is 0. The average Bonchev–Trinajstić information content (AvgIpc) is 2.31. The summed E-state index contributed by atoms with van der Waals surface area (Å²) in [6.45, 7) is 4.94. The van der Waals surface area contributed by atoms with Gasteiger partial charge in [-0.3, -0.25) is 0 Å². The average molecular weight is 217 g/mol. The highest BCUT2D eigenvalue weighted by Crippen LogP contribution is 2.19. The second kappa shape index (κ2) is 6.90. The van der Waals surface area contributed by atoms with E-state index in [9.17, 15) is 0 Å². The molecule has 1 aromatic carbocycles. The van der Waals surface area contributed by atoms with Crippen LogP contribution in [-0.2, 0) is 0 Å². The Kier molecular flexibility index (Phi) is 5.42. The van der Waals surface area contributed by atoms with E-state index in [4.69, 9.17) is 10.00 Å². The van der Waals surface area contributed by atoms with E-state index in [-0.39, 0.29) is 0 Å². The van der Waals surface area contributed by atoms with Gasteiger partial charge in [0.25, 0.3) is 0 Å². The molecule has 1 rings (SSSR count). The van der Waals surface area contributed by atoms with Crippen molar-refractivity contribution in [1.82, 2.24) is 0 Å². The zero-order valence-electron chi connectivity index (χ0n) is 10.1. The third-order valence-corrected chi connectivity index (χ3v) is 2.57. The lowest BCUT2D eigenvalue weighted by Crippen LogP contribution is -1.99. The van der Waals surface area contributed by atoms with Crippen LogP contribution in [0.2, 0.25) is 0 Å². The lowest BCUT2D eigenvalue weighted by Gasteiger charge is -2.08. The van der Waals surface area contributed by atoms with Gasteiger partial charge in [0.15, 0.2) is 0 Å². The Balaban J connectivity index is 2.44. The first-order chi connectivity index (χ1) is 7.77. The maximum absolute atomic E-state index is 8.79. The van der Waals surface area contributed by atoms with E-state index in [2.05, 4.69) is 13.0 Å². The van der Waals surface area contributed by atoms with Crippen LogP contribution in [0.25, 0.3) is 0 Å². The van der Waals surface area contributed by atoms with Gasteiger partial charge in [0.1, 0.15) is 5.75 Å². The molecule has 0 saturated carbocycles. The fourth-order valence-electron chi connectivity index (χ4n) is 1.54. The van der Waals surface area contributed by atoms with Crippen molar-refractivity contribution in [3.05, 3.63) is 29.3 Å². The molecule has 0 spiro atoms. The van der Waals surface area contributed by atoms with Gasteiger partial charge in [-0.2, -0.15) is 5.26 Å². The van der Waals surface area contributed by atoms with Crippen molar-refractivity contribution >= 4 is 0 Å². The van der Waals surface area contributed by atoms with Gasteiger partial charge < -0.3 is 4.74 Å². The number of hydrogen-bond acceptors (Lipinski definition) is 2. The minimum atomic E-state index is 0.661. The first-order valence-corrected chi connectivity index (χ1v) is 5.91. The van der Waals surface area contributed by atoms with Crippen molar-refractivity contribution in [2.45, 2.75) is 39.5 Å². The van der Waals surface area contributed by atoms with Crippen LogP contribution in [0, 0.1) is 18.3 Å². The molecule has 16 heavy (non-hydrogen) atoms. The SMILES string of the molecule is CCCCCCOc1cc(C#N)ccc1C. The predicted molar refractivity (Wildman–Crippen MR) is 65.5 cm³/mol. The lowest BCUT2D eigenvalue weighted by atomic mass is 10.1. The fraction of sp³-hybridized carbons (Fsp3) is 0.500. The van der Waals surface area contributed by atoms with Gasteiger partial charge in [0, 0.05) is 0 Å². The summed E-state index contributed by atoms with van der Waals surface area (Å²) in [5, 5.41) is 8.79. The van der Waals surface area contributed by atoms with Gasteiger partial charge in [-0.1, -0.05) is 32.3 Å². The van der Waals surface area contributed by atoms with Crippen molar-refractivity contribution in [3.63, 3.8) is 0 Å². The second-order valence-electron chi connectivity index (χ2n) is 4.00. The molecule has 0 saturated heterocycles. The highest BCUT2D eigenvalue weighted by molar-refractivity contribution is 5.41. The van der Waals surface area contributed by atoms with Gasteiger partial charge in [-0.15, -0.1) is 0 Å². The topological polar surface area (TPSA) is 33.0 Å². The monoisotopic (exact) mass is 217 g/mol. The van der Waals surface area contributed by atoms with E-state index in [1.165, 1.54) is 19.3 Å². The molecular formula is C14H19NO. The summed E-state index contributed by atoms with van der Waals surface area (Å²) in [5.41, 5.74) is 1.75. The molecule has 2 nitrogen and oxygen atoms in total. The van der Waals surface area contributed by atoms with Crippen molar-refractivity contribution in [2.75, 3.05) is 6.61 Å². The summed E-state index contributed by atoms with van der Waals surface area (Å²) >= 11 is 0. The molecule has 0 aromatic heterocycles. The Morgan fingerprint density at radius 3 is 2.75 bits per heavy atom. The number of ether oxygens (including phenoxy) is 1. The first-order valence-electron chi connectivity index (χ1n) is 5.91. The molecule has 0 atom stereocenters. The number of aryl methyl sites for hydroxylation is 1. The summed E-state index contributed by atoms with van der Waals surface area (Å²) in [5.74, 6) is 0.843. The van der Waals surface area contributed by atoms with Crippen LogP contribution >= 0.6 is 0 Å². The Labute approximate surface area is 97.9 Å². The number of nitrogens with zero attached hydrogens (tertiary/aromatic N) is 1. The van der Waals surface area contributed by atoms with E-state index in [1.54, 1.807) is 0 Å². The molecule has 0 aliphatic carbocycles. The van der Waals surface area contributed by atoms with Gasteiger partial charge in [0.2, 0.25) is 0 Å². The maximum Gasteiger partial charge on any atom is 0.123 e. The predicted octanol–water partition coefficient (Wildman–Crippen LogP) is 3.83. The van der Waals surface area contributed by atoms with Crippen molar-refractivity contribution in [2.24, 2.45) is 0 Å². The second-order valence-corrected chi connectivity index (χ2v) is 4.00. The quantitative estimate of drug-likeness (QED) is 0.678. The van der Waals surface area contributed by atoms with Gasteiger partial charge in [-0.05, 0) is 31.0 Å². The van der Waals surface area contributed by atoms with Gasteiger partial charge in [-0.25, -0.2) is 0 Å². The Morgan fingerprint density at radius 2 is 2.06 bits per heavy atom. The molecule has 86 valence electrons. The van der Waals surface area contributed by atoms with Crippen LogP contribution in [0.4, 0.5) is 0 Å². The Hall–Kier alpha value is -1.49. The lowest BCUT2D eigenvalue weighted by molar-refractivity contribution is 0.303. The van der Waals surface area contributed by atoms with E-state index < -0.39 is 0 Å². The molecule has 0 aliphatic rings. The highest BCUT2D eigenvalue weighted by atomic mass is 16.5. The molecule has 0 N–H and O–H groups in total. The third-order valence-electron chi connectivity index (χ3n) is 2.57. The molecule has 0 amide bonds. The first kappa shape index (κ1) is 12.6. The van der Waals surface area contributed by atoms with Gasteiger partial charge >= 0.3 is 0 Å². The minimum absolute atomic E-state index is 0.661. The van der Waals surface area contributed by atoms with E-state index >= 15 is 0 Å². The summed E-state index contributed by atoms with van der Waals surface area (Å²) in [6.07, 6.45) is 4.81. The molecule has 0 bridgehead atoms. The molecule has 0 aliphatic heterocycles. The molecule has 2 heteroatoms. The largest absolute Gasteiger partial charge is 0.493 e. The molecule has 0 heterocycles. The van der Waals surface area contributed by atoms with Crippen LogP contribution in [0.15, 0.2) is 18.2 Å². The number of benzene rings is 1. The van der Waals surface area contributed by atoms with E-state index in [0.29, 0.717) is 5.56 Å². The van der Waals surface area contributed by atoms with Crippen LogP contribution in [0.3, 0.4) is 0 Å². The Bertz CT molecular complexity index is 365. The number of nitriles is 1. The zero-order valence-corrected chi connectivity index (χ0v) is 10.1. The van der Waals surface area contributed by atoms with Crippen LogP contribution in [0.1, 0.15) is 43.7 Å². The fourth-order valence-corrected chi connectivity index (χ4v) is 1.54. The highest BCUT2D eigenvalue weighted by Gasteiger charge is 2.01. The molecule has 1 aromatic rings. The molecule has 0 radical (unpaired) electrons. The van der Waals surface area contributed by atoms with Crippen molar-refractivity contribution in [3.8, 4) is 11.8 Å². The van der Waals surface area contributed by atoms with Crippen LogP contribution in [-0.4, -0.2) is 6.61 Å². The van der Waals surface area contributed by atoms with E-state index in [1.807, 2.05) is 25.1 Å². The number of hydrogen-bond donors (Lipinski definition) is 0. The standard InChI is InChI=1S/C14H19NO/c1-3-4-5-6-9-16-14-10-13(11-15)8-7-12(14)2/h7-8,10H,3-6,9H2,1-2H3. The maximum atomic E-state index is 8.79. The summed E-state index contributed by atoms with van der Waals surface area (Å²) in [7, 11) is 0. The van der Waals surface area contributed by atoms with E-state index in [0.717, 1.165) is 24.3 Å². The minimum Gasteiger partial charge on any atom is -0.493 e. The Morgan fingerprint density at radius 1 is 1.25 bits per heavy atom. The molecule has 0 fully saturated rings. The molecule has 0 unspecified atom stereocenters. The van der Waals surface area contributed by atoms with Gasteiger partial charge in [0.05, 0.1) is 18.2 Å². The van der Waals surface area contributed by atoms with Crippen molar-refractivity contribution in [1.29, 1.82) is 5.26 Å². The van der Waals surface area contributed by atoms with Crippen LogP contribution in [0.5, 0.6) is 5.75 Å². The molecular weight excluding hydrogens is 198 g/mol. The summed E-state index contributed by atoms with van der Waals surface area (Å²) in [6, 6.07) is 7.69. The smallest absolute Gasteiger partial charge is 0.123 e. The number of rotatable bonds is 6. The van der Waals surface area contributed by atoms with Crippen molar-refractivity contribution < 1.29 is 4.74 Å². The zero-order chi connectivity index (χ0) is 11.8. The third kappa shape index (κ3) is 3.94. The summed E-state index contributed by atoms with van der Waals surface area (Å²) < 4.78 is 5.67. The number of unbranched alkanes of at least 4 members (excludes halogenated alkanes) is 3.